The highest BCUT2D eigenvalue weighted by Crippen LogP contribution is 2.23. The summed E-state index contributed by atoms with van der Waals surface area (Å²) in [4.78, 5) is 11.8. The van der Waals surface area contributed by atoms with Crippen LogP contribution >= 0.6 is 0 Å². The first-order valence-electron chi connectivity index (χ1n) is 7.26. The molecule has 0 bridgehead atoms. The van der Waals surface area contributed by atoms with Crippen molar-refractivity contribution in [1.29, 1.82) is 0 Å². The van der Waals surface area contributed by atoms with Crippen molar-refractivity contribution < 1.29 is 9.90 Å². The summed E-state index contributed by atoms with van der Waals surface area (Å²) in [5.74, 6) is 0.701. The van der Waals surface area contributed by atoms with Crippen molar-refractivity contribution >= 4 is 6.03 Å². The number of nitrogens with one attached hydrogen (secondary N) is 2. The van der Waals surface area contributed by atoms with Crippen LogP contribution < -0.4 is 10.6 Å². The molecule has 2 unspecified atom stereocenters. The molecule has 1 fully saturated rings. The maximum Gasteiger partial charge on any atom is 0.315 e. The number of carbonyl (C=O) groups excluding carboxylic acids is 1. The highest BCUT2D eigenvalue weighted by Gasteiger charge is 2.24. The summed E-state index contributed by atoms with van der Waals surface area (Å²) in [6.07, 6.45) is 5.92. The minimum absolute atomic E-state index is 0.144. The molecule has 18 heavy (non-hydrogen) atoms. The van der Waals surface area contributed by atoms with Gasteiger partial charge >= 0.3 is 6.03 Å². The van der Waals surface area contributed by atoms with Crippen LogP contribution in [-0.2, 0) is 0 Å². The third-order valence-corrected chi connectivity index (χ3v) is 4.17. The molecule has 0 aromatic rings. The Kier molecular flexibility index (Phi) is 5.93. The topological polar surface area (TPSA) is 61.4 Å². The summed E-state index contributed by atoms with van der Waals surface area (Å²) in [5, 5.41) is 15.9. The number of amides is 2. The molecule has 1 aliphatic carbocycles. The van der Waals surface area contributed by atoms with Gasteiger partial charge in [0.2, 0.25) is 0 Å². The third kappa shape index (κ3) is 4.84. The van der Waals surface area contributed by atoms with Crippen LogP contribution in [-0.4, -0.2) is 29.3 Å². The zero-order valence-electron chi connectivity index (χ0n) is 12.0. The normalized spacial score (nSPS) is 24.7. The van der Waals surface area contributed by atoms with Crippen molar-refractivity contribution in [3.63, 3.8) is 0 Å². The van der Waals surface area contributed by atoms with Crippen LogP contribution in [0.4, 0.5) is 4.79 Å². The van der Waals surface area contributed by atoms with E-state index in [0.29, 0.717) is 31.3 Å². The molecule has 4 nitrogen and oxygen atoms in total. The van der Waals surface area contributed by atoms with Crippen molar-refractivity contribution in [2.45, 2.75) is 70.9 Å². The van der Waals surface area contributed by atoms with E-state index in [4.69, 9.17) is 0 Å². The van der Waals surface area contributed by atoms with Crippen LogP contribution in [0.25, 0.3) is 0 Å². The Morgan fingerprint density at radius 2 is 2.00 bits per heavy atom. The molecule has 0 aromatic carbocycles. The summed E-state index contributed by atoms with van der Waals surface area (Å²) in [7, 11) is 0. The molecular weight excluding hydrogens is 228 g/mol. The van der Waals surface area contributed by atoms with E-state index in [-0.39, 0.29) is 6.03 Å². The van der Waals surface area contributed by atoms with E-state index in [9.17, 15) is 9.90 Å². The summed E-state index contributed by atoms with van der Waals surface area (Å²) in [6.45, 7) is 6.44. The molecule has 106 valence electrons. The average Bonchev–Trinajstić information content (AvgIpc) is 2.36. The molecule has 3 N–H and O–H groups in total. The van der Waals surface area contributed by atoms with Crippen molar-refractivity contribution in [3.05, 3.63) is 0 Å². The summed E-state index contributed by atoms with van der Waals surface area (Å²) < 4.78 is 0. The van der Waals surface area contributed by atoms with Crippen LogP contribution in [0.15, 0.2) is 0 Å². The van der Waals surface area contributed by atoms with E-state index in [1.165, 1.54) is 12.8 Å². The highest BCUT2D eigenvalue weighted by molar-refractivity contribution is 5.74. The van der Waals surface area contributed by atoms with Crippen LogP contribution in [0.2, 0.25) is 0 Å². The Bertz CT molecular complexity index is 265. The average molecular weight is 256 g/mol. The maximum absolute atomic E-state index is 11.8. The maximum atomic E-state index is 11.8. The lowest BCUT2D eigenvalue weighted by Gasteiger charge is -2.29. The summed E-state index contributed by atoms with van der Waals surface area (Å²) >= 11 is 0. The fraction of sp³-hybridized carbons (Fsp3) is 0.929. The lowest BCUT2D eigenvalue weighted by atomic mass is 9.87. The standard InChI is InChI=1S/C14H28N2O2/c1-4-14(18,5-2)10-15-13(17)16-12-8-6-7-11(3)9-12/h11-12,18H,4-10H2,1-3H3,(H2,15,16,17). The molecule has 0 radical (unpaired) electrons. The molecular formula is C14H28N2O2. The molecule has 2 amide bonds. The Balaban J connectivity index is 2.29. The minimum Gasteiger partial charge on any atom is -0.388 e. The van der Waals surface area contributed by atoms with Crippen LogP contribution in [0.1, 0.15) is 59.3 Å². The smallest absolute Gasteiger partial charge is 0.315 e. The summed E-state index contributed by atoms with van der Waals surface area (Å²) in [6, 6.07) is 0.152. The second-order valence-electron chi connectivity index (χ2n) is 5.73. The largest absolute Gasteiger partial charge is 0.388 e. The third-order valence-electron chi connectivity index (χ3n) is 4.17. The van der Waals surface area contributed by atoms with Gasteiger partial charge in [-0.05, 0) is 31.6 Å². The minimum atomic E-state index is -0.767. The Hall–Kier alpha value is -0.770. The van der Waals surface area contributed by atoms with Gasteiger partial charge in [-0.25, -0.2) is 4.79 Å². The van der Waals surface area contributed by atoms with E-state index in [1.54, 1.807) is 0 Å². The van der Waals surface area contributed by atoms with E-state index in [0.717, 1.165) is 12.8 Å². The highest BCUT2D eigenvalue weighted by atomic mass is 16.3. The first-order chi connectivity index (χ1) is 8.49. The van der Waals surface area contributed by atoms with Gasteiger partial charge < -0.3 is 15.7 Å². The number of hydrogen-bond acceptors (Lipinski definition) is 2. The SMILES string of the molecule is CCC(O)(CC)CNC(=O)NC1CCCC(C)C1. The fourth-order valence-corrected chi connectivity index (χ4v) is 2.55. The molecule has 2 atom stereocenters. The van der Waals surface area contributed by atoms with Gasteiger partial charge in [-0.2, -0.15) is 0 Å². The molecule has 4 heteroatoms. The molecule has 0 heterocycles. The van der Waals surface area contributed by atoms with Crippen LogP contribution in [0, 0.1) is 5.92 Å². The Morgan fingerprint density at radius 3 is 2.56 bits per heavy atom. The first kappa shape index (κ1) is 15.3. The quantitative estimate of drug-likeness (QED) is 0.707. The molecule has 0 aliphatic heterocycles. The predicted octanol–water partition coefficient (Wildman–Crippen LogP) is 2.42. The molecule has 1 rings (SSSR count). The van der Waals surface area contributed by atoms with Gasteiger partial charge in [0.15, 0.2) is 0 Å². The predicted molar refractivity (Wildman–Crippen MR) is 73.5 cm³/mol. The van der Waals surface area contributed by atoms with Crippen molar-refractivity contribution in [1.82, 2.24) is 10.6 Å². The number of rotatable bonds is 5. The van der Waals surface area contributed by atoms with Gasteiger partial charge in [0.1, 0.15) is 0 Å². The lowest BCUT2D eigenvalue weighted by molar-refractivity contribution is 0.0348. The van der Waals surface area contributed by atoms with Crippen molar-refractivity contribution in [3.8, 4) is 0 Å². The molecule has 1 aliphatic rings. The van der Waals surface area contributed by atoms with Gasteiger partial charge in [-0.15, -0.1) is 0 Å². The van der Waals surface area contributed by atoms with E-state index >= 15 is 0 Å². The molecule has 0 aromatic heterocycles. The molecule has 1 saturated carbocycles. The lowest BCUT2D eigenvalue weighted by Crippen LogP contribution is -2.49. The number of carbonyl (C=O) groups is 1. The second kappa shape index (κ2) is 6.98. The molecule has 0 saturated heterocycles. The van der Waals surface area contributed by atoms with Crippen LogP contribution in [0.3, 0.4) is 0 Å². The van der Waals surface area contributed by atoms with Gasteiger partial charge in [0.05, 0.1) is 5.60 Å². The van der Waals surface area contributed by atoms with Gasteiger partial charge in [0, 0.05) is 12.6 Å². The number of urea groups is 1. The van der Waals surface area contributed by atoms with Gasteiger partial charge in [-0.3, -0.25) is 0 Å². The Morgan fingerprint density at radius 1 is 1.33 bits per heavy atom. The second-order valence-corrected chi connectivity index (χ2v) is 5.73. The van der Waals surface area contributed by atoms with E-state index in [2.05, 4.69) is 17.6 Å². The van der Waals surface area contributed by atoms with E-state index in [1.807, 2.05) is 13.8 Å². The van der Waals surface area contributed by atoms with Crippen molar-refractivity contribution in [2.75, 3.05) is 6.54 Å². The van der Waals surface area contributed by atoms with E-state index < -0.39 is 5.60 Å². The van der Waals surface area contributed by atoms with Gasteiger partial charge in [-0.1, -0.05) is 33.6 Å². The zero-order chi connectivity index (χ0) is 13.6. The van der Waals surface area contributed by atoms with Crippen LogP contribution in [0.5, 0.6) is 0 Å². The summed E-state index contributed by atoms with van der Waals surface area (Å²) in [5.41, 5.74) is -0.767. The first-order valence-corrected chi connectivity index (χ1v) is 7.26. The fourth-order valence-electron chi connectivity index (χ4n) is 2.55. The van der Waals surface area contributed by atoms with Gasteiger partial charge in [0.25, 0.3) is 0 Å². The van der Waals surface area contributed by atoms with Crippen molar-refractivity contribution in [2.24, 2.45) is 5.92 Å². The number of aliphatic hydroxyl groups is 1. The number of hydrogen-bond donors (Lipinski definition) is 3. The zero-order valence-corrected chi connectivity index (χ0v) is 12.0. The Labute approximate surface area is 111 Å². The molecule has 0 spiro atoms. The monoisotopic (exact) mass is 256 g/mol.